The fourth-order valence-corrected chi connectivity index (χ4v) is 2.98. The highest BCUT2D eigenvalue weighted by Gasteiger charge is 2.26. The summed E-state index contributed by atoms with van der Waals surface area (Å²) in [5, 5.41) is 0. The number of fused-ring (bicyclic) bond motifs is 1. The number of hydrogen-bond acceptors (Lipinski definition) is 4. The molecule has 3 rings (SSSR count). The van der Waals surface area contributed by atoms with Gasteiger partial charge in [-0.15, -0.1) is 0 Å². The summed E-state index contributed by atoms with van der Waals surface area (Å²) < 4.78 is 19.2. The Labute approximate surface area is 138 Å². The van der Waals surface area contributed by atoms with Gasteiger partial charge in [0.05, 0.1) is 12.8 Å². The lowest BCUT2D eigenvalue weighted by molar-refractivity contribution is 0.0754. The first kappa shape index (κ1) is 16.2. The maximum Gasteiger partial charge on any atom is 0.260 e. The fourth-order valence-electron chi connectivity index (χ4n) is 2.98. The van der Waals surface area contributed by atoms with Gasteiger partial charge in [0, 0.05) is 25.1 Å². The van der Waals surface area contributed by atoms with Crippen molar-refractivity contribution in [3.63, 3.8) is 0 Å². The van der Waals surface area contributed by atoms with Crippen LogP contribution in [0, 0.1) is 12.7 Å². The summed E-state index contributed by atoms with van der Waals surface area (Å²) in [4.78, 5) is 33.4. The van der Waals surface area contributed by atoms with Crippen molar-refractivity contribution in [2.75, 3.05) is 20.2 Å². The van der Waals surface area contributed by atoms with Crippen molar-refractivity contribution in [3.05, 3.63) is 57.0 Å². The van der Waals surface area contributed by atoms with E-state index in [9.17, 15) is 14.0 Å². The lowest BCUT2D eigenvalue weighted by Crippen LogP contribution is -2.34. The highest BCUT2D eigenvalue weighted by molar-refractivity contribution is 5.97. The molecule has 0 fully saturated rings. The Morgan fingerprint density at radius 2 is 2.08 bits per heavy atom. The Kier molecular flexibility index (Phi) is 4.33. The maximum absolute atomic E-state index is 14.1. The molecule has 0 saturated carbocycles. The monoisotopic (exact) mass is 331 g/mol. The lowest BCUT2D eigenvalue weighted by atomic mass is 10.1. The number of aromatic nitrogens is 2. The van der Waals surface area contributed by atoms with Gasteiger partial charge in [0.15, 0.2) is 0 Å². The number of methoxy groups -OCH3 is 1. The molecule has 0 radical (unpaired) electrons. The predicted molar refractivity (Wildman–Crippen MR) is 85.9 cm³/mol. The smallest absolute Gasteiger partial charge is 0.260 e. The standard InChI is InChI=1S/C17H18FN3O3/c1-10-19-13-7-9-21(8-6-11(13)16(22)20-10)17(23)15-12(18)4-3-5-14(15)24-2/h3-5H,6-9H2,1-2H3,(H,19,20,22). The SMILES string of the molecule is COc1cccc(F)c1C(=O)N1CCc2nc(C)[nH]c(=O)c2CC1. The number of halogens is 1. The van der Waals surface area contributed by atoms with Crippen LogP contribution in [0.25, 0.3) is 0 Å². The number of rotatable bonds is 2. The molecule has 1 aromatic heterocycles. The van der Waals surface area contributed by atoms with Crippen LogP contribution in [0.5, 0.6) is 5.75 Å². The third kappa shape index (κ3) is 2.89. The second kappa shape index (κ2) is 6.43. The molecule has 6 nitrogen and oxygen atoms in total. The number of ether oxygens (including phenoxy) is 1. The average molecular weight is 331 g/mol. The third-order valence-corrected chi connectivity index (χ3v) is 4.17. The number of aromatic amines is 1. The van der Waals surface area contributed by atoms with Crippen LogP contribution in [-0.2, 0) is 12.8 Å². The van der Waals surface area contributed by atoms with Crippen molar-refractivity contribution in [1.82, 2.24) is 14.9 Å². The Balaban J connectivity index is 1.90. The summed E-state index contributed by atoms with van der Waals surface area (Å²) in [5.41, 5.74) is 1.04. The normalized spacial score (nSPS) is 14.0. The number of amides is 1. The van der Waals surface area contributed by atoms with Crippen LogP contribution >= 0.6 is 0 Å². The molecule has 0 atom stereocenters. The molecule has 0 saturated heterocycles. The van der Waals surface area contributed by atoms with Gasteiger partial charge in [-0.05, 0) is 25.5 Å². The number of benzene rings is 1. The van der Waals surface area contributed by atoms with E-state index in [0.29, 0.717) is 43.0 Å². The summed E-state index contributed by atoms with van der Waals surface area (Å²) in [6.07, 6.45) is 0.850. The van der Waals surface area contributed by atoms with Crippen LogP contribution in [0.3, 0.4) is 0 Å². The molecular weight excluding hydrogens is 313 g/mol. The summed E-state index contributed by atoms with van der Waals surface area (Å²) in [6.45, 7) is 2.43. The second-order valence-electron chi connectivity index (χ2n) is 5.69. The van der Waals surface area contributed by atoms with Gasteiger partial charge in [0.25, 0.3) is 11.5 Å². The van der Waals surface area contributed by atoms with E-state index >= 15 is 0 Å². The van der Waals surface area contributed by atoms with Gasteiger partial charge in [-0.25, -0.2) is 9.37 Å². The van der Waals surface area contributed by atoms with Gasteiger partial charge in [0.1, 0.15) is 23.0 Å². The largest absolute Gasteiger partial charge is 0.496 e. The molecule has 0 aliphatic carbocycles. The number of carbonyl (C=O) groups excluding carboxylic acids is 1. The van der Waals surface area contributed by atoms with Gasteiger partial charge in [-0.3, -0.25) is 9.59 Å². The van der Waals surface area contributed by atoms with E-state index in [1.165, 1.54) is 24.1 Å². The Morgan fingerprint density at radius 3 is 2.83 bits per heavy atom. The van der Waals surface area contributed by atoms with Crippen molar-refractivity contribution in [3.8, 4) is 5.75 Å². The Hall–Kier alpha value is -2.70. The van der Waals surface area contributed by atoms with Crippen LogP contribution in [-0.4, -0.2) is 41.0 Å². The van der Waals surface area contributed by atoms with Crippen LogP contribution in [0.2, 0.25) is 0 Å². The predicted octanol–water partition coefficient (Wildman–Crippen LogP) is 1.47. The molecule has 0 spiro atoms. The number of carbonyl (C=O) groups is 1. The summed E-state index contributed by atoms with van der Waals surface area (Å²) in [7, 11) is 1.40. The molecule has 0 unspecified atom stereocenters. The van der Waals surface area contributed by atoms with E-state index in [1.807, 2.05) is 0 Å². The molecule has 2 heterocycles. The molecule has 0 bridgehead atoms. The zero-order valence-electron chi connectivity index (χ0n) is 13.6. The molecular formula is C17H18FN3O3. The van der Waals surface area contributed by atoms with Gasteiger partial charge < -0.3 is 14.6 Å². The highest BCUT2D eigenvalue weighted by Crippen LogP contribution is 2.24. The first-order valence-corrected chi connectivity index (χ1v) is 7.71. The van der Waals surface area contributed by atoms with E-state index in [0.717, 1.165) is 0 Å². The number of H-pyrrole nitrogens is 1. The van der Waals surface area contributed by atoms with E-state index in [2.05, 4.69) is 9.97 Å². The molecule has 7 heteroatoms. The Bertz CT molecular complexity index is 847. The third-order valence-electron chi connectivity index (χ3n) is 4.17. The quantitative estimate of drug-likeness (QED) is 0.904. The summed E-state index contributed by atoms with van der Waals surface area (Å²) in [6, 6.07) is 4.28. The van der Waals surface area contributed by atoms with Gasteiger partial charge in [-0.1, -0.05) is 6.07 Å². The Morgan fingerprint density at radius 1 is 1.33 bits per heavy atom. The van der Waals surface area contributed by atoms with E-state index in [1.54, 1.807) is 13.0 Å². The van der Waals surface area contributed by atoms with Crippen molar-refractivity contribution in [2.45, 2.75) is 19.8 Å². The molecule has 2 aromatic rings. The number of hydrogen-bond donors (Lipinski definition) is 1. The molecule has 1 aromatic carbocycles. The molecule has 1 aliphatic rings. The second-order valence-corrected chi connectivity index (χ2v) is 5.69. The number of nitrogens with one attached hydrogen (secondary N) is 1. The van der Waals surface area contributed by atoms with Crippen LogP contribution in [0.4, 0.5) is 4.39 Å². The van der Waals surface area contributed by atoms with E-state index in [-0.39, 0.29) is 16.9 Å². The summed E-state index contributed by atoms with van der Waals surface area (Å²) >= 11 is 0. The van der Waals surface area contributed by atoms with Crippen LogP contribution in [0.1, 0.15) is 27.4 Å². The van der Waals surface area contributed by atoms with Crippen LogP contribution in [0.15, 0.2) is 23.0 Å². The summed E-state index contributed by atoms with van der Waals surface area (Å²) in [5.74, 6) is -0.304. The average Bonchev–Trinajstić information content (AvgIpc) is 2.76. The molecule has 126 valence electrons. The van der Waals surface area contributed by atoms with Crippen LogP contribution < -0.4 is 10.3 Å². The highest BCUT2D eigenvalue weighted by atomic mass is 19.1. The first-order valence-electron chi connectivity index (χ1n) is 7.71. The topological polar surface area (TPSA) is 75.3 Å². The molecule has 1 aliphatic heterocycles. The van der Waals surface area contributed by atoms with Crippen molar-refractivity contribution in [2.24, 2.45) is 0 Å². The zero-order chi connectivity index (χ0) is 17.3. The molecule has 1 N–H and O–H groups in total. The molecule has 24 heavy (non-hydrogen) atoms. The maximum atomic E-state index is 14.1. The fraction of sp³-hybridized carbons (Fsp3) is 0.353. The molecule has 1 amide bonds. The van der Waals surface area contributed by atoms with Crippen molar-refractivity contribution < 1.29 is 13.9 Å². The lowest BCUT2D eigenvalue weighted by Gasteiger charge is -2.21. The van der Waals surface area contributed by atoms with Gasteiger partial charge >= 0.3 is 0 Å². The van der Waals surface area contributed by atoms with Gasteiger partial charge in [0.2, 0.25) is 0 Å². The zero-order valence-corrected chi connectivity index (χ0v) is 13.6. The number of aryl methyl sites for hydroxylation is 1. The number of nitrogens with zero attached hydrogens (tertiary/aromatic N) is 2. The van der Waals surface area contributed by atoms with Crippen molar-refractivity contribution in [1.29, 1.82) is 0 Å². The van der Waals surface area contributed by atoms with E-state index in [4.69, 9.17) is 4.74 Å². The minimum Gasteiger partial charge on any atom is -0.496 e. The van der Waals surface area contributed by atoms with E-state index < -0.39 is 11.7 Å². The first-order chi connectivity index (χ1) is 11.5. The minimum atomic E-state index is -0.618. The van der Waals surface area contributed by atoms with Gasteiger partial charge in [-0.2, -0.15) is 0 Å². The minimum absolute atomic E-state index is 0.0796. The van der Waals surface area contributed by atoms with Crippen molar-refractivity contribution >= 4 is 5.91 Å².